The van der Waals surface area contributed by atoms with Gasteiger partial charge in [0.25, 0.3) is 0 Å². The summed E-state index contributed by atoms with van der Waals surface area (Å²) >= 11 is 0. The summed E-state index contributed by atoms with van der Waals surface area (Å²) in [6, 6.07) is 0.0821. The number of ether oxygens (including phenoxy) is 2. The van der Waals surface area contributed by atoms with Crippen molar-refractivity contribution in [2.45, 2.75) is 64.7 Å². The van der Waals surface area contributed by atoms with E-state index in [0.717, 1.165) is 44.9 Å². The molecule has 1 amide bonds. The first kappa shape index (κ1) is 27.2. The van der Waals surface area contributed by atoms with Gasteiger partial charge in [0.05, 0.1) is 12.7 Å². The Morgan fingerprint density at radius 2 is 2.07 bits per heavy atom. The molecular weight excluding hydrogens is 473 g/mol. The largest absolute Gasteiger partial charge is 0.444 e. The van der Waals surface area contributed by atoms with E-state index in [1.807, 2.05) is 20.8 Å². The number of morpholine rings is 1. The summed E-state index contributed by atoms with van der Waals surface area (Å²) in [5.41, 5.74) is -0.499. The molecule has 166 valence electrons. The third kappa shape index (κ3) is 12.6. The van der Waals surface area contributed by atoms with Crippen LogP contribution in [0.1, 0.15) is 47.0 Å². The highest BCUT2D eigenvalue weighted by molar-refractivity contribution is 14.0. The monoisotopic (exact) mass is 513 g/mol. The summed E-state index contributed by atoms with van der Waals surface area (Å²) < 4.78 is 11.1. The number of guanidine groups is 1. The van der Waals surface area contributed by atoms with Gasteiger partial charge in [-0.15, -0.1) is 24.0 Å². The summed E-state index contributed by atoms with van der Waals surface area (Å²) in [5.74, 6) is 0.721. The van der Waals surface area contributed by atoms with Crippen molar-refractivity contribution in [2.75, 3.05) is 46.9 Å². The van der Waals surface area contributed by atoms with Crippen molar-refractivity contribution >= 4 is 36.0 Å². The predicted molar refractivity (Wildman–Crippen MR) is 125 cm³/mol. The Kier molecular flexibility index (Phi) is 13.8. The fraction of sp³-hybridized carbons (Fsp3) is 0.895. The number of amides is 1. The van der Waals surface area contributed by atoms with Crippen LogP contribution >= 0.6 is 24.0 Å². The van der Waals surface area contributed by atoms with Crippen molar-refractivity contribution in [2.24, 2.45) is 4.99 Å². The van der Waals surface area contributed by atoms with Crippen molar-refractivity contribution in [3.05, 3.63) is 0 Å². The van der Waals surface area contributed by atoms with Crippen molar-refractivity contribution in [1.82, 2.24) is 20.9 Å². The average molecular weight is 513 g/mol. The molecule has 1 heterocycles. The fourth-order valence-electron chi connectivity index (χ4n) is 2.79. The lowest BCUT2D eigenvalue weighted by Gasteiger charge is -2.31. The summed E-state index contributed by atoms with van der Waals surface area (Å²) in [6.45, 7) is 11.5. The van der Waals surface area contributed by atoms with Crippen LogP contribution in [-0.4, -0.2) is 81.6 Å². The molecule has 9 heteroatoms. The summed E-state index contributed by atoms with van der Waals surface area (Å²) in [4.78, 5) is 18.5. The zero-order valence-corrected chi connectivity index (χ0v) is 20.7. The molecule has 1 fully saturated rings. The molecule has 0 aromatic rings. The average Bonchev–Trinajstić information content (AvgIpc) is 2.59. The number of rotatable bonds is 8. The maximum absolute atomic E-state index is 11.9. The minimum absolute atomic E-state index is 0. The zero-order valence-electron chi connectivity index (χ0n) is 18.3. The Bertz CT molecular complexity index is 471. The number of unbranched alkanes of at least 4 members (excludes halogenated alkanes) is 1. The van der Waals surface area contributed by atoms with Gasteiger partial charge in [0.1, 0.15) is 5.60 Å². The van der Waals surface area contributed by atoms with Gasteiger partial charge in [-0.2, -0.15) is 0 Å². The van der Waals surface area contributed by atoms with Crippen molar-refractivity contribution in [1.29, 1.82) is 0 Å². The standard InChI is InChI=1S/C19H39N5O3.HI/c1-7-8-9-15(12-22-18(25)27-19(2,3)4)23-17(20-5)21-13-16-14-24(6)10-11-26-16;/h15-16H,7-14H2,1-6H3,(H,22,25)(H2,20,21,23);1H. The number of likely N-dealkylation sites (N-methyl/N-ethyl adjacent to an activating group) is 1. The lowest BCUT2D eigenvalue weighted by molar-refractivity contribution is -0.0161. The second kappa shape index (κ2) is 14.2. The Morgan fingerprint density at radius 1 is 1.36 bits per heavy atom. The van der Waals surface area contributed by atoms with Crippen LogP contribution in [0.25, 0.3) is 0 Å². The summed E-state index contributed by atoms with van der Waals surface area (Å²) in [7, 11) is 3.85. The van der Waals surface area contributed by atoms with Gasteiger partial charge < -0.3 is 30.3 Å². The number of halogens is 1. The Labute approximate surface area is 187 Å². The number of nitrogens with one attached hydrogen (secondary N) is 3. The second-order valence-corrected chi connectivity index (χ2v) is 8.07. The van der Waals surface area contributed by atoms with Crippen LogP contribution in [0.15, 0.2) is 4.99 Å². The van der Waals surface area contributed by atoms with E-state index in [2.05, 4.69) is 39.8 Å². The number of carbonyl (C=O) groups is 1. The van der Waals surface area contributed by atoms with E-state index in [9.17, 15) is 4.79 Å². The molecule has 0 saturated carbocycles. The van der Waals surface area contributed by atoms with Gasteiger partial charge in [-0.3, -0.25) is 4.99 Å². The molecule has 1 aliphatic heterocycles. The molecule has 0 aliphatic carbocycles. The third-order valence-corrected chi connectivity index (χ3v) is 4.20. The Morgan fingerprint density at radius 3 is 2.64 bits per heavy atom. The predicted octanol–water partition coefficient (Wildman–Crippen LogP) is 2.18. The molecule has 1 rings (SSSR count). The number of nitrogens with zero attached hydrogens (tertiary/aromatic N) is 2. The van der Waals surface area contributed by atoms with Crippen LogP contribution < -0.4 is 16.0 Å². The molecule has 0 spiro atoms. The van der Waals surface area contributed by atoms with E-state index < -0.39 is 11.7 Å². The van der Waals surface area contributed by atoms with E-state index in [1.54, 1.807) is 7.05 Å². The van der Waals surface area contributed by atoms with Crippen LogP contribution in [-0.2, 0) is 9.47 Å². The smallest absolute Gasteiger partial charge is 0.407 e. The van der Waals surface area contributed by atoms with Crippen molar-refractivity contribution in [3.8, 4) is 0 Å². The Balaban J connectivity index is 0.00000729. The minimum Gasteiger partial charge on any atom is -0.444 e. The van der Waals surface area contributed by atoms with Crippen LogP contribution in [0.5, 0.6) is 0 Å². The van der Waals surface area contributed by atoms with Gasteiger partial charge in [0.2, 0.25) is 0 Å². The highest BCUT2D eigenvalue weighted by Crippen LogP contribution is 2.07. The van der Waals surface area contributed by atoms with Crippen molar-refractivity contribution < 1.29 is 14.3 Å². The molecule has 0 aromatic heterocycles. The molecule has 28 heavy (non-hydrogen) atoms. The highest BCUT2D eigenvalue weighted by atomic mass is 127. The molecule has 1 saturated heterocycles. The van der Waals surface area contributed by atoms with Crippen LogP contribution in [0.3, 0.4) is 0 Å². The van der Waals surface area contributed by atoms with E-state index >= 15 is 0 Å². The number of hydrogen-bond acceptors (Lipinski definition) is 5. The lowest BCUT2D eigenvalue weighted by atomic mass is 10.1. The first-order chi connectivity index (χ1) is 12.7. The number of aliphatic imine (C=N–C) groups is 1. The lowest BCUT2D eigenvalue weighted by Crippen LogP contribution is -2.52. The topological polar surface area (TPSA) is 87.2 Å². The quantitative estimate of drug-likeness (QED) is 0.262. The normalized spacial score (nSPS) is 19.4. The van der Waals surface area contributed by atoms with Gasteiger partial charge in [0, 0.05) is 39.3 Å². The first-order valence-electron chi connectivity index (χ1n) is 9.97. The molecule has 1 aliphatic rings. The van der Waals surface area contributed by atoms with Crippen LogP contribution in [0.2, 0.25) is 0 Å². The third-order valence-electron chi connectivity index (χ3n) is 4.20. The molecular formula is C19H40IN5O3. The van der Waals surface area contributed by atoms with E-state index in [-0.39, 0.29) is 36.1 Å². The molecule has 2 unspecified atom stereocenters. The van der Waals surface area contributed by atoms with Crippen LogP contribution in [0, 0.1) is 0 Å². The van der Waals surface area contributed by atoms with Gasteiger partial charge in [-0.25, -0.2) is 4.79 Å². The molecule has 8 nitrogen and oxygen atoms in total. The van der Waals surface area contributed by atoms with Crippen LogP contribution in [0.4, 0.5) is 4.79 Å². The summed E-state index contributed by atoms with van der Waals surface area (Å²) in [5, 5.41) is 9.59. The van der Waals surface area contributed by atoms with Crippen molar-refractivity contribution in [3.63, 3.8) is 0 Å². The molecule has 0 aromatic carbocycles. The Hall–Kier alpha value is -0.810. The molecule has 0 bridgehead atoms. The molecule has 3 N–H and O–H groups in total. The second-order valence-electron chi connectivity index (χ2n) is 8.07. The number of carbonyl (C=O) groups excluding carboxylic acids is 1. The van der Waals surface area contributed by atoms with E-state index in [0.29, 0.717) is 13.1 Å². The minimum atomic E-state index is -0.499. The maximum atomic E-state index is 11.9. The first-order valence-corrected chi connectivity index (χ1v) is 9.97. The van der Waals surface area contributed by atoms with Gasteiger partial charge in [-0.05, 0) is 34.2 Å². The fourth-order valence-corrected chi connectivity index (χ4v) is 2.79. The van der Waals surface area contributed by atoms with Gasteiger partial charge in [-0.1, -0.05) is 19.8 Å². The molecule has 0 radical (unpaired) electrons. The zero-order chi connectivity index (χ0) is 20.3. The van der Waals surface area contributed by atoms with Gasteiger partial charge >= 0.3 is 6.09 Å². The van der Waals surface area contributed by atoms with E-state index in [4.69, 9.17) is 9.47 Å². The summed E-state index contributed by atoms with van der Waals surface area (Å²) in [6.07, 6.45) is 2.86. The maximum Gasteiger partial charge on any atom is 0.407 e. The van der Waals surface area contributed by atoms with Gasteiger partial charge in [0.15, 0.2) is 5.96 Å². The molecule has 2 atom stereocenters. The number of alkyl carbamates (subject to hydrolysis) is 1. The highest BCUT2D eigenvalue weighted by Gasteiger charge is 2.20. The number of hydrogen-bond donors (Lipinski definition) is 3. The SMILES string of the molecule is CCCCC(CNC(=O)OC(C)(C)C)NC(=NC)NCC1CN(C)CCO1.I. The van der Waals surface area contributed by atoms with E-state index in [1.165, 1.54) is 0 Å².